The highest BCUT2D eigenvalue weighted by Crippen LogP contribution is 2.09. The van der Waals surface area contributed by atoms with Crippen LogP contribution in [0.3, 0.4) is 0 Å². The van der Waals surface area contributed by atoms with Crippen LogP contribution in [-0.2, 0) is 6.42 Å². The number of pyridine rings is 1. The van der Waals surface area contributed by atoms with E-state index in [4.69, 9.17) is 0 Å². The molecule has 106 valence electrons. The molecule has 0 radical (unpaired) electrons. The molecule has 1 unspecified atom stereocenters. The van der Waals surface area contributed by atoms with Crippen molar-refractivity contribution in [2.24, 2.45) is 0 Å². The average molecular weight is 269 g/mol. The molecule has 0 aliphatic rings. The Labute approximate surface area is 121 Å². The molecule has 3 heteroatoms. The Kier molecular flexibility index (Phi) is 5.13. The van der Waals surface area contributed by atoms with Crippen molar-refractivity contribution in [2.75, 3.05) is 26.0 Å². The second kappa shape index (κ2) is 7.06. The van der Waals surface area contributed by atoms with Crippen LogP contribution in [0.5, 0.6) is 0 Å². The average Bonchev–Trinajstić information content (AvgIpc) is 2.44. The molecule has 1 heterocycles. The molecule has 0 saturated carbocycles. The van der Waals surface area contributed by atoms with E-state index in [0.717, 1.165) is 24.5 Å². The number of aromatic nitrogens is 1. The zero-order valence-electron chi connectivity index (χ0n) is 12.5. The van der Waals surface area contributed by atoms with Gasteiger partial charge < -0.3 is 10.2 Å². The lowest BCUT2D eigenvalue weighted by Gasteiger charge is -2.25. The third-order valence-electron chi connectivity index (χ3n) is 3.45. The Hall–Kier alpha value is -1.87. The van der Waals surface area contributed by atoms with Gasteiger partial charge in [0.25, 0.3) is 0 Å². The molecule has 1 N–H and O–H groups in total. The largest absolute Gasteiger partial charge is 0.368 e. The van der Waals surface area contributed by atoms with Gasteiger partial charge in [-0.25, -0.2) is 4.98 Å². The topological polar surface area (TPSA) is 28.2 Å². The van der Waals surface area contributed by atoms with Crippen LogP contribution in [0.2, 0.25) is 0 Å². The van der Waals surface area contributed by atoms with Gasteiger partial charge in [-0.2, -0.15) is 0 Å². The Balaban J connectivity index is 1.96. The first-order valence-corrected chi connectivity index (χ1v) is 7.03. The van der Waals surface area contributed by atoms with Crippen molar-refractivity contribution in [2.45, 2.75) is 19.4 Å². The maximum Gasteiger partial charge on any atom is 0.126 e. The molecule has 20 heavy (non-hydrogen) atoms. The third kappa shape index (κ3) is 4.35. The second-order valence-electron chi connectivity index (χ2n) is 5.35. The fourth-order valence-corrected chi connectivity index (χ4v) is 2.19. The summed E-state index contributed by atoms with van der Waals surface area (Å²) in [6.07, 6.45) is 1.03. The predicted molar refractivity (Wildman–Crippen MR) is 85.1 cm³/mol. The summed E-state index contributed by atoms with van der Waals surface area (Å²) in [4.78, 5) is 6.74. The minimum atomic E-state index is 0.444. The highest BCUT2D eigenvalue weighted by atomic mass is 15.1. The lowest BCUT2D eigenvalue weighted by atomic mass is 10.1. The Morgan fingerprint density at radius 3 is 2.45 bits per heavy atom. The summed E-state index contributed by atoms with van der Waals surface area (Å²) in [6, 6.07) is 17.1. The number of hydrogen-bond donors (Lipinski definition) is 1. The number of aryl methyl sites for hydroxylation is 1. The van der Waals surface area contributed by atoms with Gasteiger partial charge in [0.2, 0.25) is 0 Å². The van der Waals surface area contributed by atoms with Crippen molar-refractivity contribution in [1.29, 1.82) is 0 Å². The van der Waals surface area contributed by atoms with E-state index in [0.29, 0.717) is 6.04 Å². The normalized spacial score (nSPS) is 12.4. The van der Waals surface area contributed by atoms with Crippen LogP contribution in [0, 0.1) is 6.92 Å². The van der Waals surface area contributed by atoms with Crippen molar-refractivity contribution in [3.63, 3.8) is 0 Å². The first-order chi connectivity index (χ1) is 9.65. The minimum Gasteiger partial charge on any atom is -0.368 e. The molecule has 1 aromatic heterocycles. The van der Waals surface area contributed by atoms with E-state index in [1.165, 1.54) is 5.56 Å². The van der Waals surface area contributed by atoms with E-state index in [-0.39, 0.29) is 0 Å². The molecule has 0 aliphatic carbocycles. The van der Waals surface area contributed by atoms with Crippen molar-refractivity contribution in [3.05, 3.63) is 59.8 Å². The number of benzene rings is 1. The number of likely N-dealkylation sites (N-methyl/N-ethyl adjacent to an activating group) is 1. The standard InChI is InChI=1S/C17H23N3/c1-14-8-7-11-17(19-14)18-13-16(20(2)3)12-15-9-5-4-6-10-15/h4-11,16H,12-13H2,1-3H3,(H,18,19). The molecule has 1 atom stereocenters. The fourth-order valence-electron chi connectivity index (χ4n) is 2.19. The van der Waals surface area contributed by atoms with Crippen molar-refractivity contribution in [1.82, 2.24) is 9.88 Å². The zero-order chi connectivity index (χ0) is 14.4. The van der Waals surface area contributed by atoms with Gasteiger partial charge in [0.1, 0.15) is 5.82 Å². The second-order valence-corrected chi connectivity index (χ2v) is 5.35. The number of nitrogens with zero attached hydrogens (tertiary/aromatic N) is 2. The summed E-state index contributed by atoms with van der Waals surface area (Å²) in [5.74, 6) is 0.949. The first kappa shape index (κ1) is 14.5. The molecule has 0 spiro atoms. The highest BCUT2D eigenvalue weighted by molar-refractivity contribution is 5.35. The highest BCUT2D eigenvalue weighted by Gasteiger charge is 2.12. The Bertz CT molecular complexity index is 523. The third-order valence-corrected chi connectivity index (χ3v) is 3.45. The molecule has 3 nitrogen and oxygen atoms in total. The smallest absolute Gasteiger partial charge is 0.126 e. The SMILES string of the molecule is Cc1cccc(NCC(Cc2ccccc2)N(C)C)n1. The summed E-state index contributed by atoms with van der Waals surface area (Å²) < 4.78 is 0. The van der Waals surface area contributed by atoms with Gasteiger partial charge in [0.15, 0.2) is 0 Å². The molecule has 0 saturated heterocycles. The van der Waals surface area contributed by atoms with Gasteiger partial charge in [-0.05, 0) is 45.1 Å². The number of hydrogen-bond acceptors (Lipinski definition) is 3. The monoisotopic (exact) mass is 269 g/mol. The fraction of sp³-hybridized carbons (Fsp3) is 0.353. The van der Waals surface area contributed by atoms with Crippen LogP contribution in [0.15, 0.2) is 48.5 Å². The van der Waals surface area contributed by atoms with Crippen LogP contribution in [0.4, 0.5) is 5.82 Å². The summed E-state index contributed by atoms with van der Waals surface area (Å²) >= 11 is 0. The maximum absolute atomic E-state index is 4.48. The summed E-state index contributed by atoms with van der Waals surface area (Å²) in [5, 5.41) is 3.43. The quantitative estimate of drug-likeness (QED) is 0.874. The molecule has 0 amide bonds. The predicted octanol–water partition coefficient (Wildman–Crippen LogP) is 2.97. The Morgan fingerprint density at radius 1 is 1.05 bits per heavy atom. The summed E-state index contributed by atoms with van der Waals surface area (Å²) in [5.41, 5.74) is 2.41. The van der Waals surface area contributed by atoms with Crippen LogP contribution < -0.4 is 5.32 Å². The molecule has 1 aromatic carbocycles. The van der Waals surface area contributed by atoms with E-state index in [9.17, 15) is 0 Å². The molecular formula is C17H23N3. The molecule has 0 aliphatic heterocycles. The lowest BCUT2D eigenvalue weighted by molar-refractivity contribution is 0.303. The van der Waals surface area contributed by atoms with Crippen LogP contribution in [0.25, 0.3) is 0 Å². The molecule has 2 rings (SSSR count). The number of rotatable bonds is 6. The van der Waals surface area contributed by atoms with Crippen LogP contribution in [-0.4, -0.2) is 36.6 Å². The van der Waals surface area contributed by atoms with E-state index in [1.807, 2.05) is 25.1 Å². The van der Waals surface area contributed by atoms with Crippen molar-refractivity contribution in [3.8, 4) is 0 Å². The zero-order valence-corrected chi connectivity index (χ0v) is 12.5. The van der Waals surface area contributed by atoms with Crippen LogP contribution >= 0.6 is 0 Å². The van der Waals surface area contributed by atoms with Crippen molar-refractivity contribution >= 4 is 5.82 Å². The summed E-state index contributed by atoms with van der Waals surface area (Å²) in [6.45, 7) is 2.90. The molecule has 0 fully saturated rings. The minimum absolute atomic E-state index is 0.444. The van der Waals surface area contributed by atoms with E-state index >= 15 is 0 Å². The Morgan fingerprint density at radius 2 is 1.80 bits per heavy atom. The summed E-state index contributed by atoms with van der Waals surface area (Å²) in [7, 11) is 4.25. The van der Waals surface area contributed by atoms with Gasteiger partial charge in [0, 0.05) is 18.3 Å². The molecule has 0 bridgehead atoms. The lowest BCUT2D eigenvalue weighted by Crippen LogP contribution is -2.36. The van der Waals surface area contributed by atoms with Crippen LogP contribution in [0.1, 0.15) is 11.3 Å². The number of nitrogens with one attached hydrogen (secondary N) is 1. The van der Waals surface area contributed by atoms with Gasteiger partial charge >= 0.3 is 0 Å². The maximum atomic E-state index is 4.48. The van der Waals surface area contributed by atoms with Gasteiger partial charge in [0.05, 0.1) is 0 Å². The molecule has 2 aromatic rings. The van der Waals surface area contributed by atoms with Gasteiger partial charge in [-0.1, -0.05) is 36.4 Å². The first-order valence-electron chi connectivity index (χ1n) is 7.03. The number of anilines is 1. The van der Waals surface area contributed by atoms with E-state index in [2.05, 4.69) is 59.6 Å². The van der Waals surface area contributed by atoms with Gasteiger partial charge in [-0.15, -0.1) is 0 Å². The van der Waals surface area contributed by atoms with Gasteiger partial charge in [-0.3, -0.25) is 0 Å². The van der Waals surface area contributed by atoms with Crippen molar-refractivity contribution < 1.29 is 0 Å². The van der Waals surface area contributed by atoms with E-state index < -0.39 is 0 Å². The molecular weight excluding hydrogens is 246 g/mol. The van der Waals surface area contributed by atoms with E-state index in [1.54, 1.807) is 0 Å².